The van der Waals surface area contributed by atoms with Crippen LogP contribution in [0, 0.1) is 11.3 Å². The quantitative estimate of drug-likeness (QED) is 0.679. The minimum Gasteiger partial charge on any atom is -0.480 e. The monoisotopic (exact) mass is 183 g/mol. The molecule has 74 valence electrons. The van der Waals surface area contributed by atoms with Gasteiger partial charge in [0.25, 0.3) is 0 Å². The maximum absolute atomic E-state index is 10.8. The number of aliphatic carboxylic acids is 1. The van der Waals surface area contributed by atoms with Gasteiger partial charge in [0.1, 0.15) is 6.04 Å². The Morgan fingerprint density at radius 3 is 2.62 bits per heavy atom. The Balaban J connectivity index is 2.07. The Morgan fingerprint density at radius 1 is 1.38 bits per heavy atom. The van der Waals surface area contributed by atoms with Crippen LogP contribution in [0.25, 0.3) is 0 Å². The van der Waals surface area contributed by atoms with E-state index in [0.29, 0.717) is 5.41 Å². The zero-order valence-corrected chi connectivity index (χ0v) is 7.83. The molecule has 13 heavy (non-hydrogen) atoms. The van der Waals surface area contributed by atoms with E-state index in [9.17, 15) is 4.79 Å². The summed E-state index contributed by atoms with van der Waals surface area (Å²) in [5, 5.41) is 8.87. The van der Waals surface area contributed by atoms with Crippen molar-refractivity contribution in [3.8, 4) is 0 Å². The first kappa shape index (κ1) is 9.00. The van der Waals surface area contributed by atoms with E-state index >= 15 is 0 Å². The first-order chi connectivity index (χ1) is 6.16. The van der Waals surface area contributed by atoms with Crippen LogP contribution in [-0.4, -0.2) is 17.1 Å². The molecule has 2 fully saturated rings. The summed E-state index contributed by atoms with van der Waals surface area (Å²) in [6.45, 7) is 0. The Hall–Kier alpha value is -0.570. The molecule has 0 heterocycles. The summed E-state index contributed by atoms with van der Waals surface area (Å²) in [6.07, 6.45) is 7.07. The molecular formula is C10H17NO2. The van der Waals surface area contributed by atoms with E-state index in [2.05, 4.69) is 0 Å². The molecule has 0 aromatic rings. The van der Waals surface area contributed by atoms with Crippen molar-refractivity contribution in [3.63, 3.8) is 0 Å². The summed E-state index contributed by atoms with van der Waals surface area (Å²) in [5.74, 6) is -0.572. The fraction of sp³-hybridized carbons (Fsp3) is 0.900. The molecule has 0 amide bonds. The van der Waals surface area contributed by atoms with E-state index in [1.165, 1.54) is 25.7 Å². The molecular weight excluding hydrogens is 166 g/mol. The van der Waals surface area contributed by atoms with Crippen molar-refractivity contribution in [3.05, 3.63) is 0 Å². The maximum Gasteiger partial charge on any atom is 0.320 e. The molecule has 0 aliphatic heterocycles. The largest absolute Gasteiger partial charge is 0.480 e. The van der Waals surface area contributed by atoms with Crippen molar-refractivity contribution in [2.45, 2.75) is 44.6 Å². The number of hydrogen-bond donors (Lipinski definition) is 2. The molecule has 3 N–H and O–H groups in total. The van der Waals surface area contributed by atoms with E-state index in [4.69, 9.17) is 10.8 Å². The lowest BCUT2D eigenvalue weighted by Gasteiger charge is -2.34. The topological polar surface area (TPSA) is 63.3 Å². The van der Waals surface area contributed by atoms with Gasteiger partial charge in [-0.25, -0.2) is 0 Å². The van der Waals surface area contributed by atoms with Crippen molar-refractivity contribution in [2.75, 3.05) is 0 Å². The van der Waals surface area contributed by atoms with Crippen molar-refractivity contribution < 1.29 is 9.90 Å². The Kier molecular flexibility index (Phi) is 2.06. The number of nitrogens with two attached hydrogens (primary N) is 1. The molecule has 2 aliphatic rings. The number of carboxylic acid groups (broad SMARTS) is 1. The second-order valence-corrected chi connectivity index (χ2v) is 4.58. The molecule has 2 aliphatic carbocycles. The highest BCUT2D eigenvalue weighted by atomic mass is 16.4. The molecule has 1 spiro atoms. The number of rotatable bonds is 2. The summed E-state index contributed by atoms with van der Waals surface area (Å²) in [7, 11) is 0. The zero-order chi connectivity index (χ0) is 9.47. The Morgan fingerprint density at radius 2 is 2.08 bits per heavy atom. The third-order valence-corrected chi connectivity index (χ3v) is 3.84. The molecule has 3 nitrogen and oxygen atoms in total. The van der Waals surface area contributed by atoms with Gasteiger partial charge in [0.2, 0.25) is 0 Å². The van der Waals surface area contributed by atoms with Crippen LogP contribution in [0.5, 0.6) is 0 Å². The van der Waals surface area contributed by atoms with Gasteiger partial charge in [0, 0.05) is 0 Å². The summed E-state index contributed by atoms with van der Waals surface area (Å²) in [5.41, 5.74) is 6.05. The van der Waals surface area contributed by atoms with Gasteiger partial charge in [-0.2, -0.15) is 0 Å². The molecule has 2 rings (SSSR count). The first-order valence-electron chi connectivity index (χ1n) is 5.14. The standard InChI is InChI=1S/C10H17NO2/c11-8(9(12)13)7-3-1-2-4-10(7)5-6-10/h7-8H,1-6,11H2,(H,12,13). The number of carbonyl (C=O) groups is 1. The van der Waals surface area contributed by atoms with Crippen molar-refractivity contribution in [1.29, 1.82) is 0 Å². The minimum atomic E-state index is -0.821. The summed E-state index contributed by atoms with van der Waals surface area (Å²) >= 11 is 0. The van der Waals surface area contributed by atoms with Crippen molar-refractivity contribution >= 4 is 5.97 Å². The van der Waals surface area contributed by atoms with Crippen LogP contribution in [-0.2, 0) is 4.79 Å². The van der Waals surface area contributed by atoms with Crippen LogP contribution in [0.1, 0.15) is 38.5 Å². The van der Waals surface area contributed by atoms with Gasteiger partial charge in [-0.3, -0.25) is 4.79 Å². The molecule has 2 atom stereocenters. The van der Waals surface area contributed by atoms with Gasteiger partial charge in [-0.1, -0.05) is 12.8 Å². The highest BCUT2D eigenvalue weighted by Gasteiger charge is 2.53. The summed E-state index contributed by atoms with van der Waals surface area (Å²) in [6, 6.07) is -0.622. The maximum atomic E-state index is 10.8. The van der Waals surface area contributed by atoms with Crippen molar-refractivity contribution in [1.82, 2.24) is 0 Å². The average molecular weight is 183 g/mol. The molecule has 0 saturated heterocycles. The normalized spacial score (nSPS) is 32.8. The van der Waals surface area contributed by atoms with E-state index in [0.717, 1.165) is 12.8 Å². The molecule has 2 unspecified atom stereocenters. The van der Waals surface area contributed by atoms with Crippen LogP contribution < -0.4 is 5.73 Å². The highest BCUT2D eigenvalue weighted by molar-refractivity contribution is 5.73. The molecule has 0 bridgehead atoms. The van der Waals surface area contributed by atoms with Gasteiger partial charge < -0.3 is 10.8 Å². The third kappa shape index (κ3) is 1.46. The zero-order valence-electron chi connectivity index (χ0n) is 7.83. The second kappa shape index (κ2) is 2.98. The lowest BCUT2D eigenvalue weighted by Crippen LogP contribution is -2.43. The number of carboxylic acids is 1. The number of hydrogen-bond acceptors (Lipinski definition) is 2. The van der Waals surface area contributed by atoms with Crippen molar-refractivity contribution in [2.24, 2.45) is 17.1 Å². The Bertz CT molecular complexity index is 223. The minimum absolute atomic E-state index is 0.249. The fourth-order valence-corrected chi connectivity index (χ4v) is 2.85. The lowest BCUT2D eigenvalue weighted by atomic mass is 9.73. The van der Waals surface area contributed by atoms with Crippen LogP contribution in [0.15, 0.2) is 0 Å². The highest BCUT2D eigenvalue weighted by Crippen LogP contribution is 2.60. The third-order valence-electron chi connectivity index (χ3n) is 3.84. The summed E-state index contributed by atoms with van der Waals surface area (Å²) in [4.78, 5) is 10.8. The lowest BCUT2D eigenvalue weighted by molar-refractivity contribution is -0.141. The van der Waals surface area contributed by atoms with E-state index in [-0.39, 0.29) is 5.92 Å². The van der Waals surface area contributed by atoms with Crippen LogP contribution in [0.4, 0.5) is 0 Å². The molecule has 0 aromatic heterocycles. The average Bonchev–Trinajstić information content (AvgIpc) is 2.85. The van der Waals surface area contributed by atoms with Gasteiger partial charge in [0.15, 0.2) is 0 Å². The first-order valence-corrected chi connectivity index (χ1v) is 5.14. The predicted octanol–water partition coefficient (Wildman–Crippen LogP) is 1.37. The van der Waals surface area contributed by atoms with Gasteiger partial charge >= 0.3 is 5.97 Å². The fourth-order valence-electron chi connectivity index (χ4n) is 2.85. The predicted molar refractivity (Wildman–Crippen MR) is 49.2 cm³/mol. The van der Waals surface area contributed by atoms with Gasteiger partial charge in [-0.05, 0) is 37.0 Å². The van der Waals surface area contributed by atoms with Gasteiger partial charge in [-0.15, -0.1) is 0 Å². The van der Waals surface area contributed by atoms with E-state index < -0.39 is 12.0 Å². The molecule has 2 saturated carbocycles. The van der Waals surface area contributed by atoms with Crippen LogP contribution in [0.3, 0.4) is 0 Å². The van der Waals surface area contributed by atoms with Gasteiger partial charge in [0.05, 0.1) is 0 Å². The summed E-state index contributed by atoms with van der Waals surface area (Å²) < 4.78 is 0. The SMILES string of the molecule is NC(C(=O)O)C1CCCCC12CC2. The molecule has 0 aromatic carbocycles. The van der Waals surface area contributed by atoms with Crippen LogP contribution >= 0.6 is 0 Å². The van der Waals surface area contributed by atoms with Crippen LogP contribution in [0.2, 0.25) is 0 Å². The molecule has 3 heteroatoms. The molecule has 0 radical (unpaired) electrons. The Labute approximate surface area is 78.3 Å². The second-order valence-electron chi connectivity index (χ2n) is 4.58. The smallest absolute Gasteiger partial charge is 0.320 e. The van der Waals surface area contributed by atoms with E-state index in [1.807, 2.05) is 0 Å². The van der Waals surface area contributed by atoms with E-state index in [1.54, 1.807) is 0 Å².